The molecule has 1 aromatic heterocycles. The summed E-state index contributed by atoms with van der Waals surface area (Å²) in [6.45, 7) is 3.45. The van der Waals surface area contributed by atoms with Gasteiger partial charge in [0.25, 0.3) is 0 Å². The number of nitrogens with one attached hydrogen (secondary N) is 2. The predicted molar refractivity (Wildman–Crippen MR) is 105 cm³/mol. The third kappa shape index (κ3) is 4.06. The summed E-state index contributed by atoms with van der Waals surface area (Å²) >= 11 is 1.59. The molecule has 1 spiro atoms. The molecule has 2 fully saturated rings. The van der Waals surface area contributed by atoms with Crippen LogP contribution in [0, 0.1) is 0 Å². The second-order valence-electron chi connectivity index (χ2n) is 7.35. The van der Waals surface area contributed by atoms with Crippen molar-refractivity contribution in [3.8, 4) is 0 Å². The molecular weight excluding hydrogens is 364 g/mol. The maximum absolute atomic E-state index is 12.6. The molecule has 0 aliphatic carbocycles. The number of carbonyl (C=O) groups excluding carboxylic acids is 2. The fraction of sp³-hybridized carbons (Fsp3) is 0.526. The minimum absolute atomic E-state index is 0.0260. The highest BCUT2D eigenvalue weighted by atomic mass is 32.1. The highest BCUT2D eigenvalue weighted by Crippen LogP contribution is 2.38. The van der Waals surface area contributed by atoms with E-state index in [1.54, 1.807) is 16.8 Å². The molecule has 4 rings (SSSR count). The summed E-state index contributed by atoms with van der Waals surface area (Å²) in [5.41, 5.74) is 3.34. The number of hydrogen-bond acceptors (Lipinski definition) is 5. The molecule has 2 aliphatic heterocycles. The Balaban J connectivity index is 1.29. The zero-order chi connectivity index (χ0) is 18.9. The molecular formula is C19H24N4O3S. The molecule has 2 N–H and O–H groups in total. The van der Waals surface area contributed by atoms with Gasteiger partial charge in [0, 0.05) is 32.2 Å². The van der Waals surface area contributed by atoms with Crippen LogP contribution in [0.25, 0.3) is 10.2 Å². The van der Waals surface area contributed by atoms with Crippen LogP contribution in [0.1, 0.15) is 32.6 Å². The minimum atomic E-state index is -0.139. The Bertz CT molecular complexity index is 844. The van der Waals surface area contributed by atoms with Crippen LogP contribution in [0.2, 0.25) is 0 Å². The number of urea groups is 1. The molecule has 3 amide bonds. The molecule has 2 aliphatic rings. The Labute approximate surface area is 162 Å². The Morgan fingerprint density at radius 3 is 2.93 bits per heavy atom. The number of piperidine rings is 1. The fourth-order valence-corrected chi connectivity index (χ4v) is 4.58. The second-order valence-corrected chi connectivity index (χ2v) is 8.24. The summed E-state index contributed by atoms with van der Waals surface area (Å²) in [5.74, 6) is -0.0260. The van der Waals surface area contributed by atoms with Crippen molar-refractivity contribution in [3.05, 3.63) is 23.7 Å². The standard InChI is InChI=1S/C19H24N4O3S/c1-13(24)20-11-15-4-5-19(26-15)6-8-23(9-7-19)18(25)22-14-2-3-17-16(10-14)21-12-27-17/h2-3,10,12,15H,4-9,11H2,1H3,(H,20,24)(H,22,25)/t15-/m1/s1. The van der Waals surface area contributed by atoms with E-state index in [9.17, 15) is 9.59 Å². The number of likely N-dealkylation sites (tertiary alicyclic amines) is 1. The smallest absolute Gasteiger partial charge is 0.321 e. The summed E-state index contributed by atoms with van der Waals surface area (Å²) in [4.78, 5) is 29.8. The van der Waals surface area contributed by atoms with Gasteiger partial charge in [0.05, 0.1) is 27.4 Å². The minimum Gasteiger partial charge on any atom is -0.370 e. The van der Waals surface area contributed by atoms with E-state index in [1.165, 1.54) is 6.92 Å². The summed E-state index contributed by atoms with van der Waals surface area (Å²) in [6.07, 6.45) is 3.71. The number of anilines is 1. The molecule has 0 unspecified atom stereocenters. The van der Waals surface area contributed by atoms with Crippen molar-refractivity contribution in [2.24, 2.45) is 0 Å². The number of benzene rings is 1. The van der Waals surface area contributed by atoms with Crippen LogP contribution in [0.5, 0.6) is 0 Å². The number of fused-ring (bicyclic) bond motifs is 1. The first-order chi connectivity index (χ1) is 13.0. The van der Waals surface area contributed by atoms with Crippen LogP contribution in [0.3, 0.4) is 0 Å². The average molecular weight is 388 g/mol. The number of amides is 3. The molecule has 3 heterocycles. The maximum Gasteiger partial charge on any atom is 0.321 e. The van der Waals surface area contributed by atoms with Crippen molar-refractivity contribution in [2.45, 2.75) is 44.3 Å². The topological polar surface area (TPSA) is 83.6 Å². The van der Waals surface area contributed by atoms with E-state index in [-0.39, 0.29) is 23.6 Å². The van der Waals surface area contributed by atoms with Crippen molar-refractivity contribution in [1.82, 2.24) is 15.2 Å². The summed E-state index contributed by atoms with van der Waals surface area (Å²) < 4.78 is 7.36. The maximum atomic E-state index is 12.6. The van der Waals surface area contributed by atoms with Crippen LogP contribution in [0.4, 0.5) is 10.5 Å². The van der Waals surface area contributed by atoms with E-state index in [0.29, 0.717) is 19.6 Å². The lowest BCUT2D eigenvalue weighted by Gasteiger charge is -2.39. The van der Waals surface area contributed by atoms with Crippen LogP contribution >= 0.6 is 11.3 Å². The van der Waals surface area contributed by atoms with E-state index in [0.717, 1.165) is 41.6 Å². The van der Waals surface area contributed by atoms with Gasteiger partial charge >= 0.3 is 6.03 Å². The van der Waals surface area contributed by atoms with Crippen molar-refractivity contribution in [2.75, 3.05) is 25.0 Å². The lowest BCUT2D eigenvalue weighted by atomic mass is 9.88. The Morgan fingerprint density at radius 2 is 2.15 bits per heavy atom. The van der Waals surface area contributed by atoms with Gasteiger partial charge in [-0.2, -0.15) is 0 Å². The van der Waals surface area contributed by atoms with Crippen molar-refractivity contribution in [3.63, 3.8) is 0 Å². The molecule has 144 valence electrons. The highest BCUT2D eigenvalue weighted by molar-refractivity contribution is 7.16. The van der Waals surface area contributed by atoms with Gasteiger partial charge in [-0.15, -0.1) is 11.3 Å². The van der Waals surface area contributed by atoms with Crippen LogP contribution < -0.4 is 10.6 Å². The van der Waals surface area contributed by atoms with E-state index >= 15 is 0 Å². The highest BCUT2D eigenvalue weighted by Gasteiger charge is 2.43. The Morgan fingerprint density at radius 1 is 1.33 bits per heavy atom. The number of ether oxygens (including phenoxy) is 1. The summed E-state index contributed by atoms with van der Waals surface area (Å²) in [6, 6.07) is 5.72. The zero-order valence-electron chi connectivity index (χ0n) is 15.4. The largest absolute Gasteiger partial charge is 0.370 e. The zero-order valence-corrected chi connectivity index (χ0v) is 16.2. The van der Waals surface area contributed by atoms with Crippen LogP contribution in [-0.4, -0.2) is 53.2 Å². The quantitative estimate of drug-likeness (QED) is 0.847. The number of aromatic nitrogens is 1. The Kier molecular flexibility index (Phi) is 5.01. The molecule has 27 heavy (non-hydrogen) atoms. The first-order valence-electron chi connectivity index (χ1n) is 9.34. The molecule has 2 saturated heterocycles. The van der Waals surface area contributed by atoms with Crippen molar-refractivity contribution in [1.29, 1.82) is 0 Å². The molecule has 1 aromatic carbocycles. The van der Waals surface area contributed by atoms with E-state index in [1.807, 2.05) is 23.1 Å². The van der Waals surface area contributed by atoms with Gasteiger partial charge in [-0.05, 0) is 43.9 Å². The van der Waals surface area contributed by atoms with Crippen molar-refractivity contribution < 1.29 is 14.3 Å². The summed E-state index contributed by atoms with van der Waals surface area (Å²) in [5, 5.41) is 5.81. The molecule has 0 saturated carbocycles. The molecule has 0 radical (unpaired) electrons. The van der Waals surface area contributed by atoms with Crippen LogP contribution in [0.15, 0.2) is 23.7 Å². The summed E-state index contributed by atoms with van der Waals surface area (Å²) in [7, 11) is 0. The SMILES string of the molecule is CC(=O)NC[C@H]1CCC2(CCN(C(=O)Nc3ccc4scnc4c3)CC2)O1. The van der Waals surface area contributed by atoms with Gasteiger partial charge in [-0.25, -0.2) is 9.78 Å². The lowest BCUT2D eigenvalue weighted by Crippen LogP contribution is -2.48. The van der Waals surface area contributed by atoms with Gasteiger partial charge < -0.3 is 20.3 Å². The molecule has 7 nitrogen and oxygen atoms in total. The van der Waals surface area contributed by atoms with Gasteiger partial charge in [-0.3, -0.25) is 4.79 Å². The molecule has 2 aromatic rings. The number of rotatable bonds is 3. The number of carbonyl (C=O) groups is 2. The first kappa shape index (κ1) is 18.2. The number of nitrogens with zero attached hydrogens (tertiary/aromatic N) is 2. The van der Waals surface area contributed by atoms with E-state index < -0.39 is 0 Å². The third-order valence-electron chi connectivity index (χ3n) is 5.46. The molecule has 0 bridgehead atoms. The van der Waals surface area contributed by atoms with Gasteiger partial charge in [-0.1, -0.05) is 0 Å². The van der Waals surface area contributed by atoms with Gasteiger partial charge in [0.1, 0.15) is 0 Å². The fourth-order valence-electron chi connectivity index (χ4n) is 3.92. The van der Waals surface area contributed by atoms with E-state index in [4.69, 9.17) is 4.74 Å². The molecule has 8 heteroatoms. The third-order valence-corrected chi connectivity index (χ3v) is 6.27. The predicted octanol–water partition coefficient (Wildman–Crippen LogP) is 2.98. The van der Waals surface area contributed by atoms with E-state index in [2.05, 4.69) is 15.6 Å². The van der Waals surface area contributed by atoms with Crippen molar-refractivity contribution >= 4 is 39.2 Å². The van der Waals surface area contributed by atoms with Crippen LogP contribution in [-0.2, 0) is 9.53 Å². The normalized spacial score (nSPS) is 21.5. The number of thiazole rings is 1. The monoisotopic (exact) mass is 388 g/mol. The van der Waals surface area contributed by atoms with Gasteiger partial charge in [0.2, 0.25) is 5.91 Å². The molecule has 1 atom stereocenters. The lowest BCUT2D eigenvalue weighted by molar-refractivity contribution is -0.120. The second kappa shape index (κ2) is 7.44. The van der Waals surface area contributed by atoms with Gasteiger partial charge in [0.15, 0.2) is 0 Å². The average Bonchev–Trinajstić information content (AvgIpc) is 3.27. The first-order valence-corrected chi connectivity index (χ1v) is 10.2. The Hall–Kier alpha value is -2.19. The number of hydrogen-bond donors (Lipinski definition) is 2.